The van der Waals surface area contributed by atoms with Crippen LogP contribution in [0.25, 0.3) is 0 Å². The van der Waals surface area contributed by atoms with Crippen molar-refractivity contribution in [3.05, 3.63) is 0 Å². The highest BCUT2D eigenvalue weighted by atomic mass is 16.4. The van der Waals surface area contributed by atoms with Crippen LogP contribution in [0.2, 0.25) is 0 Å². The average Bonchev–Trinajstić information content (AvgIpc) is 3.10. The highest BCUT2D eigenvalue weighted by molar-refractivity contribution is 5.70. The third kappa shape index (κ3) is 3.22. The molecule has 2 fully saturated rings. The molecule has 0 radical (unpaired) electrons. The molecule has 0 aromatic heterocycles. The summed E-state index contributed by atoms with van der Waals surface area (Å²) in [4.78, 5) is 10.8. The fourth-order valence-corrected chi connectivity index (χ4v) is 2.71. The van der Waals surface area contributed by atoms with Crippen LogP contribution in [0.1, 0.15) is 38.5 Å². The molecular formula is C13H23NO4. The Morgan fingerprint density at radius 1 is 1.17 bits per heavy atom. The summed E-state index contributed by atoms with van der Waals surface area (Å²) >= 11 is 0. The van der Waals surface area contributed by atoms with Crippen molar-refractivity contribution in [3.8, 4) is 0 Å². The number of aliphatic hydroxyl groups excluding tert-OH is 1. The van der Waals surface area contributed by atoms with Crippen LogP contribution >= 0.6 is 0 Å². The fourth-order valence-electron chi connectivity index (χ4n) is 2.71. The molecule has 2 aliphatic carbocycles. The van der Waals surface area contributed by atoms with Gasteiger partial charge in [-0.05, 0) is 38.5 Å². The van der Waals surface area contributed by atoms with Gasteiger partial charge in [0.15, 0.2) is 0 Å². The number of carbonyl (C=O) groups is 1. The van der Waals surface area contributed by atoms with Gasteiger partial charge in [0.25, 0.3) is 0 Å². The largest absolute Gasteiger partial charge is 0.481 e. The summed E-state index contributed by atoms with van der Waals surface area (Å²) in [7, 11) is 0. The van der Waals surface area contributed by atoms with E-state index in [0.29, 0.717) is 32.2 Å². The Morgan fingerprint density at radius 3 is 2.22 bits per heavy atom. The summed E-state index contributed by atoms with van der Waals surface area (Å²) in [6, 6.07) is 0. The van der Waals surface area contributed by atoms with E-state index in [-0.39, 0.29) is 17.9 Å². The molecule has 5 nitrogen and oxygen atoms in total. The summed E-state index contributed by atoms with van der Waals surface area (Å²) in [5.74, 6) is -1.04. The number of carboxylic acids is 1. The van der Waals surface area contributed by atoms with Gasteiger partial charge in [0.1, 0.15) is 0 Å². The van der Waals surface area contributed by atoms with Crippen molar-refractivity contribution in [1.29, 1.82) is 0 Å². The van der Waals surface area contributed by atoms with E-state index in [1.165, 1.54) is 0 Å². The number of aliphatic hydroxyl groups is 2. The number of hydrogen-bond donors (Lipinski definition) is 4. The maximum absolute atomic E-state index is 10.8. The number of nitrogens with one attached hydrogen (secondary N) is 1. The molecule has 0 unspecified atom stereocenters. The van der Waals surface area contributed by atoms with Gasteiger partial charge in [0.05, 0.1) is 11.5 Å². The molecule has 2 aliphatic rings. The van der Waals surface area contributed by atoms with Crippen molar-refractivity contribution in [2.45, 2.75) is 44.1 Å². The van der Waals surface area contributed by atoms with Gasteiger partial charge in [0, 0.05) is 25.1 Å². The average molecular weight is 257 g/mol. The van der Waals surface area contributed by atoms with Crippen molar-refractivity contribution < 1.29 is 20.1 Å². The minimum atomic E-state index is -0.766. The van der Waals surface area contributed by atoms with Crippen molar-refractivity contribution in [3.63, 3.8) is 0 Å². The standard InChI is InChI=1S/C13H23NO4/c15-9-12(5-6-12)7-14-8-13(18)3-1-10(2-4-13)11(16)17/h10,14-15,18H,1-9H2,(H,16,17). The van der Waals surface area contributed by atoms with Crippen molar-refractivity contribution in [2.24, 2.45) is 11.3 Å². The van der Waals surface area contributed by atoms with Gasteiger partial charge in [-0.3, -0.25) is 4.79 Å². The van der Waals surface area contributed by atoms with Crippen LogP contribution in [0.4, 0.5) is 0 Å². The summed E-state index contributed by atoms with van der Waals surface area (Å²) in [5.41, 5.74) is -0.716. The first kappa shape index (κ1) is 13.8. The van der Waals surface area contributed by atoms with E-state index in [1.54, 1.807) is 0 Å². The van der Waals surface area contributed by atoms with E-state index in [0.717, 1.165) is 19.4 Å². The summed E-state index contributed by atoms with van der Waals surface area (Å²) in [6.07, 6.45) is 4.30. The molecule has 0 saturated heterocycles. The summed E-state index contributed by atoms with van der Waals surface area (Å²) in [5, 5.41) is 31.7. The van der Waals surface area contributed by atoms with Gasteiger partial charge >= 0.3 is 5.97 Å². The molecule has 0 amide bonds. The second kappa shape index (κ2) is 5.15. The van der Waals surface area contributed by atoms with Gasteiger partial charge in [-0.2, -0.15) is 0 Å². The van der Waals surface area contributed by atoms with E-state index >= 15 is 0 Å². The zero-order chi connectivity index (χ0) is 13.2. The Labute approximate surface area is 107 Å². The molecular weight excluding hydrogens is 234 g/mol. The molecule has 0 bridgehead atoms. The second-order valence-corrected chi connectivity index (χ2v) is 6.10. The lowest BCUT2D eigenvalue weighted by molar-refractivity contribution is -0.144. The molecule has 2 rings (SSSR count). The third-order valence-electron chi connectivity index (χ3n) is 4.51. The Bertz CT molecular complexity index is 306. The zero-order valence-electron chi connectivity index (χ0n) is 10.7. The maximum Gasteiger partial charge on any atom is 0.306 e. The lowest BCUT2D eigenvalue weighted by atomic mass is 9.79. The van der Waals surface area contributed by atoms with Crippen LogP contribution in [0, 0.1) is 11.3 Å². The molecule has 18 heavy (non-hydrogen) atoms. The van der Waals surface area contributed by atoms with Gasteiger partial charge in [-0.15, -0.1) is 0 Å². The molecule has 0 aromatic carbocycles. The molecule has 5 heteroatoms. The van der Waals surface area contributed by atoms with E-state index in [2.05, 4.69) is 5.32 Å². The molecule has 4 N–H and O–H groups in total. The van der Waals surface area contributed by atoms with Crippen molar-refractivity contribution >= 4 is 5.97 Å². The van der Waals surface area contributed by atoms with E-state index in [4.69, 9.17) is 5.11 Å². The SMILES string of the molecule is O=C(O)C1CCC(O)(CNCC2(CO)CC2)CC1. The predicted octanol–water partition coefficient (Wildman–Crippen LogP) is 0.354. The smallest absolute Gasteiger partial charge is 0.306 e. The van der Waals surface area contributed by atoms with Crippen LogP contribution in [-0.4, -0.2) is 46.6 Å². The Hall–Kier alpha value is -0.650. The lowest BCUT2D eigenvalue weighted by Gasteiger charge is -2.35. The minimum absolute atomic E-state index is 0.0502. The molecule has 104 valence electrons. The van der Waals surface area contributed by atoms with Crippen LogP contribution in [-0.2, 0) is 4.79 Å². The van der Waals surface area contributed by atoms with Crippen LogP contribution in [0.3, 0.4) is 0 Å². The van der Waals surface area contributed by atoms with Crippen LogP contribution in [0.5, 0.6) is 0 Å². The molecule has 0 atom stereocenters. The van der Waals surface area contributed by atoms with Gasteiger partial charge < -0.3 is 20.6 Å². The Kier molecular flexibility index (Phi) is 3.94. The lowest BCUT2D eigenvalue weighted by Crippen LogP contribution is -2.46. The normalized spacial score (nSPS) is 34.2. The minimum Gasteiger partial charge on any atom is -0.481 e. The van der Waals surface area contributed by atoms with E-state index < -0.39 is 11.6 Å². The first-order valence-electron chi connectivity index (χ1n) is 6.75. The van der Waals surface area contributed by atoms with E-state index in [1.807, 2.05) is 0 Å². The number of hydrogen-bond acceptors (Lipinski definition) is 4. The van der Waals surface area contributed by atoms with E-state index in [9.17, 15) is 15.0 Å². The second-order valence-electron chi connectivity index (χ2n) is 6.10. The Balaban J connectivity index is 1.71. The summed E-state index contributed by atoms with van der Waals surface area (Å²) in [6.45, 7) is 1.45. The number of carboxylic acid groups (broad SMARTS) is 1. The first-order valence-corrected chi connectivity index (χ1v) is 6.75. The van der Waals surface area contributed by atoms with Gasteiger partial charge in [-0.25, -0.2) is 0 Å². The van der Waals surface area contributed by atoms with Crippen molar-refractivity contribution in [2.75, 3.05) is 19.7 Å². The highest BCUT2D eigenvalue weighted by Crippen LogP contribution is 2.44. The molecule has 0 aromatic rings. The number of aliphatic carboxylic acids is 1. The predicted molar refractivity (Wildman–Crippen MR) is 66.2 cm³/mol. The third-order valence-corrected chi connectivity index (χ3v) is 4.51. The van der Waals surface area contributed by atoms with Gasteiger partial charge in [0.2, 0.25) is 0 Å². The molecule has 0 spiro atoms. The maximum atomic E-state index is 10.8. The highest BCUT2D eigenvalue weighted by Gasteiger charge is 2.42. The quantitative estimate of drug-likeness (QED) is 0.551. The molecule has 2 saturated carbocycles. The fraction of sp³-hybridized carbons (Fsp3) is 0.923. The Morgan fingerprint density at radius 2 is 1.78 bits per heavy atom. The van der Waals surface area contributed by atoms with Gasteiger partial charge in [-0.1, -0.05) is 0 Å². The topological polar surface area (TPSA) is 89.8 Å². The van der Waals surface area contributed by atoms with Crippen molar-refractivity contribution in [1.82, 2.24) is 5.32 Å². The van der Waals surface area contributed by atoms with Crippen LogP contribution in [0.15, 0.2) is 0 Å². The zero-order valence-corrected chi connectivity index (χ0v) is 10.7. The summed E-state index contributed by atoms with van der Waals surface area (Å²) < 4.78 is 0. The number of rotatable bonds is 6. The monoisotopic (exact) mass is 257 g/mol. The molecule has 0 aliphatic heterocycles. The molecule has 0 heterocycles. The first-order chi connectivity index (χ1) is 8.49. The van der Waals surface area contributed by atoms with Crippen LogP contribution < -0.4 is 5.32 Å².